The van der Waals surface area contributed by atoms with Crippen molar-refractivity contribution >= 4 is 29.5 Å². The van der Waals surface area contributed by atoms with Gasteiger partial charge in [0.15, 0.2) is 0 Å². The van der Waals surface area contributed by atoms with Crippen LogP contribution in [0.15, 0.2) is 53.4 Å². The van der Waals surface area contributed by atoms with Crippen molar-refractivity contribution < 1.29 is 19.5 Å². The molecule has 3 rings (SSSR count). The minimum absolute atomic E-state index is 0.0800. The molecule has 0 bridgehead atoms. The van der Waals surface area contributed by atoms with Crippen molar-refractivity contribution in [3.63, 3.8) is 0 Å². The van der Waals surface area contributed by atoms with E-state index < -0.39 is 5.97 Å². The summed E-state index contributed by atoms with van der Waals surface area (Å²) >= 11 is 1.15. The summed E-state index contributed by atoms with van der Waals surface area (Å²) < 4.78 is 0. The molecule has 2 aromatic carbocycles. The first-order valence-electron chi connectivity index (χ1n) is 6.50. The summed E-state index contributed by atoms with van der Waals surface area (Å²) in [7, 11) is 0. The minimum Gasteiger partial charge on any atom is -0.478 e. The SMILES string of the molecule is O=C(O)c1ccccc1SCN1C(=O)c2ccccc2C1=O. The van der Waals surface area contributed by atoms with Gasteiger partial charge in [0.1, 0.15) is 0 Å². The lowest BCUT2D eigenvalue weighted by atomic mass is 10.1. The molecule has 0 saturated carbocycles. The van der Waals surface area contributed by atoms with Crippen molar-refractivity contribution in [2.24, 2.45) is 0 Å². The highest BCUT2D eigenvalue weighted by Gasteiger charge is 2.35. The zero-order valence-corrected chi connectivity index (χ0v) is 12.2. The Labute approximate surface area is 130 Å². The maximum Gasteiger partial charge on any atom is 0.336 e. The van der Waals surface area contributed by atoms with Crippen LogP contribution in [0, 0.1) is 0 Å². The molecule has 0 atom stereocenters. The summed E-state index contributed by atoms with van der Waals surface area (Å²) in [5, 5.41) is 9.14. The molecule has 0 radical (unpaired) electrons. The molecule has 1 aliphatic rings. The van der Waals surface area contributed by atoms with Gasteiger partial charge in [0, 0.05) is 4.90 Å². The highest BCUT2D eigenvalue weighted by atomic mass is 32.2. The molecule has 5 nitrogen and oxygen atoms in total. The molecule has 2 aromatic rings. The van der Waals surface area contributed by atoms with Gasteiger partial charge in [0.2, 0.25) is 0 Å². The molecule has 0 spiro atoms. The van der Waals surface area contributed by atoms with E-state index in [0.717, 1.165) is 16.7 Å². The van der Waals surface area contributed by atoms with Gasteiger partial charge in [-0.05, 0) is 24.3 Å². The van der Waals surface area contributed by atoms with Gasteiger partial charge >= 0.3 is 5.97 Å². The Bertz CT molecular complexity index is 752. The van der Waals surface area contributed by atoms with E-state index in [0.29, 0.717) is 16.0 Å². The van der Waals surface area contributed by atoms with Gasteiger partial charge in [-0.3, -0.25) is 14.5 Å². The Hall–Kier alpha value is -2.60. The number of fused-ring (bicyclic) bond motifs is 1. The molecule has 0 saturated heterocycles. The zero-order chi connectivity index (χ0) is 15.7. The van der Waals surface area contributed by atoms with Crippen LogP contribution in [0.2, 0.25) is 0 Å². The van der Waals surface area contributed by atoms with Gasteiger partial charge in [0.05, 0.1) is 22.6 Å². The van der Waals surface area contributed by atoms with Crippen molar-refractivity contribution in [2.45, 2.75) is 4.90 Å². The average molecular weight is 313 g/mol. The van der Waals surface area contributed by atoms with Gasteiger partial charge in [-0.25, -0.2) is 4.79 Å². The summed E-state index contributed by atoms with van der Waals surface area (Å²) in [4.78, 5) is 37.3. The molecular formula is C16H11NO4S. The number of carbonyl (C=O) groups is 3. The first-order valence-corrected chi connectivity index (χ1v) is 7.48. The monoisotopic (exact) mass is 313 g/mol. The average Bonchev–Trinajstić information content (AvgIpc) is 2.77. The van der Waals surface area contributed by atoms with Gasteiger partial charge < -0.3 is 5.11 Å². The Morgan fingerprint density at radius 2 is 1.50 bits per heavy atom. The molecule has 2 amide bonds. The molecule has 0 aliphatic carbocycles. The fourth-order valence-electron chi connectivity index (χ4n) is 2.26. The van der Waals surface area contributed by atoms with Crippen LogP contribution in [-0.2, 0) is 0 Å². The number of carboxylic acid groups (broad SMARTS) is 1. The number of nitrogens with zero attached hydrogens (tertiary/aromatic N) is 1. The topological polar surface area (TPSA) is 74.7 Å². The molecule has 22 heavy (non-hydrogen) atoms. The van der Waals surface area contributed by atoms with Crippen LogP contribution in [0.4, 0.5) is 0 Å². The summed E-state index contributed by atoms with van der Waals surface area (Å²) in [6.07, 6.45) is 0. The number of rotatable bonds is 4. The number of carbonyl (C=O) groups excluding carboxylic acids is 2. The van der Waals surface area contributed by atoms with Gasteiger partial charge in [-0.15, -0.1) is 11.8 Å². The Morgan fingerprint density at radius 1 is 0.955 bits per heavy atom. The Kier molecular flexibility index (Phi) is 3.68. The first kappa shape index (κ1) is 14.3. The van der Waals surface area contributed by atoms with E-state index in [2.05, 4.69) is 0 Å². The fraction of sp³-hybridized carbons (Fsp3) is 0.0625. The molecule has 0 unspecified atom stereocenters. The smallest absolute Gasteiger partial charge is 0.336 e. The highest BCUT2D eigenvalue weighted by Crippen LogP contribution is 2.28. The molecule has 6 heteroatoms. The van der Waals surface area contributed by atoms with E-state index in [-0.39, 0.29) is 23.3 Å². The molecule has 110 valence electrons. The quantitative estimate of drug-likeness (QED) is 0.694. The second-order valence-electron chi connectivity index (χ2n) is 4.66. The highest BCUT2D eigenvalue weighted by molar-refractivity contribution is 7.99. The van der Waals surface area contributed by atoms with E-state index in [1.165, 1.54) is 6.07 Å². The maximum atomic E-state index is 12.2. The lowest BCUT2D eigenvalue weighted by molar-refractivity contribution is 0.0677. The Morgan fingerprint density at radius 3 is 2.09 bits per heavy atom. The predicted molar refractivity (Wildman–Crippen MR) is 81.1 cm³/mol. The fourth-order valence-corrected chi connectivity index (χ4v) is 3.25. The van der Waals surface area contributed by atoms with Crippen LogP contribution in [-0.4, -0.2) is 33.7 Å². The van der Waals surface area contributed by atoms with Crippen molar-refractivity contribution in [1.82, 2.24) is 4.90 Å². The molecule has 1 N–H and O–H groups in total. The minimum atomic E-state index is -1.04. The summed E-state index contributed by atoms with van der Waals surface area (Å²) in [6, 6.07) is 13.2. The van der Waals surface area contributed by atoms with E-state index in [9.17, 15) is 14.4 Å². The van der Waals surface area contributed by atoms with E-state index >= 15 is 0 Å². The van der Waals surface area contributed by atoms with Crippen molar-refractivity contribution in [3.8, 4) is 0 Å². The Balaban J connectivity index is 1.81. The summed E-state index contributed by atoms with van der Waals surface area (Å²) in [5.41, 5.74) is 0.934. The number of imide groups is 1. The number of aromatic carboxylic acids is 1. The van der Waals surface area contributed by atoms with Gasteiger partial charge in [-0.2, -0.15) is 0 Å². The third kappa shape index (κ3) is 2.37. The number of thioether (sulfide) groups is 1. The summed E-state index contributed by atoms with van der Waals surface area (Å²) in [5.74, 6) is -1.65. The number of benzene rings is 2. The van der Waals surface area contributed by atoms with Crippen LogP contribution < -0.4 is 0 Å². The van der Waals surface area contributed by atoms with Gasteiger partial charge in [-0.1, -0.05) is 24.3 Å². The van der Waals surface area contributed by atoms with Crippen LogP contribution in [0.25, 0.3) is 0 Å². The second-order valence-corrected chi connectivity index (χ2v) is 5.65. The molecule has 0 aromatic heterocycles. The standard InChI is InChI=1S/C16H11NO4S/c18-14-10-5-1-2-6-11(10)15(19)17(14)9-22-13-8-4-3-7-12(13)16(20)21/h1-8H,9H2,(H,20,21). The number of carboxylic acids is 1. The molecule has 1 aliphatic heterocycles. The van der Waals surface area contributed by atoms with Crippen LogP contribution in [0.5, 0.6) is 0 Å². The van der Waals surface area contributed by atoms with Gasteiger partial charge in [0.25, 0.3) is 11.8 Å². The normalized spacial score (nSPS) is 13.4. The number of hydrogen-bond acceptors (Lipinski definition) is 4. The van der Waals surface area contributed by atoms with Crippen LogP contribution in [0.1, 0.15) is 31.1 Å². The third-order valence-electron chi connectivity index (χ3n) is 3.34. The lowest BCUT2D eigenvalue weighted by Crippen LogP contribution is -2.29. The number of hydrogen-bond donors (Lipinski definition) is 1. The lowest BCUT2D eigenvalue weighted by Gasteiger charge is -2.14. The van der Waals surface area contributed by atoms with E-state index in [4.69, 9.17) is 5.11 Å². The second kappa shape index (κ2) is 5.65. The molecular weight excluding hydrogens is 302 g/mol. The van der Waals surface area contributed by atoms with Crippen molar-refractivity contribution in [1.29, 1.82) is 0 Å². The van der Waals surface area contributed by atoms with Crippen LogP contribution >= 0.6 is 11.8 Å². The molecule has 0 fully saturated rings. The van der Waals surface area contributed by atoms with Crippen molar-refractivity contribution in [2.75, 3.05) is 5.88 Å². The third-order valence-corrected chi connectivity index (χ3v) is 4.40. The number of amides is 2. The van der Waals surface area contributed by atoms with Crippen LogP contribution in [0.3, 0.4) is 0 Å². The zero-order valence-electron chi connectivity index (χ0n) is 11.4. The molecule has 1 heterocycles. The van der Waals surface area contributed by atoms with E-state index in [1.54, 1.807) is 42.5 Å². The largest absolute Gasteiger partial charge is 0.478 e. The summed E-state index contributed by atoms with van der Waals surface area (Å²) in [6.45, 7) is 0. The van der Waals surface area contributed by atoms with E-state index in [1.807, 2.05) is 0 Å². The maximum absolute atomic E-state index is 12.2. The predicted octanol–water partition coefficient (Wildman–Crippen LogP) is 2.73. The first-order chi connectivity index (χ1) is 10.6. The van der Waals surface area contributed by atoms with Crippen molar-refractivity contribution in [3.05, 3.63) is 65.2 Å².